The quantitative estimate of drug-likeness (QED) is 0.725. The summed E-state index contributed by atoms with van der Waals surface area (Å²) in [6.45, 7) is 0. The average Bonchev–Trinajstić information content (AvgIpc) is 2.33. The zero-order valence-electron chi connectivity index (χ0n) is 9.87. The Labute approximate surface area is 120 Å². The lowest BCUT2D eigenvalue weighted by Gasteiger charge is -2.08. The number of imide groups is 1. The molecule has 0 saturated carbocycles. The molecule has 0 atom stereocenters. The lowest BCUT2D eigenvalue weighted by Crippen LogP contribution is -2.34. The molecule has 108 valence electrons. The second kappa shape index (κ2) is 6.94. The maximum absolute atomic E-state index is 13.3. The van der Waals surface area contributed by atoms with E-state index in [0.29, 0.717) is 6.07 Å². The molecule has 0 aliphatic heterocycles. The smallest absolute Gasteiger partial charge is 0.325 e. The number of carbonyl (C=O) groups excluding carboxylic acids is 2. The van der Waals surface area contributed by atoms with E-state index in [1.54, 1.807) is 0 Å². The SMILES string of the molecule is O=C(O)CCC(=O)NC(=O)Nc1cc(Br)c(F)cc1F. The van der Waals surface area contributed by atoms with E-state index in [0.717, 1.165) is 6.07 Å². The second-order valence-electron chi connectivity index (χ2n) is 3.64. The highest BCUT2D eigenvalue weighted by molar-refractivity contribution is 9.10. The Morgan fingerprint density at radius 3 is 2.40 bits per heavy atom. The van der Waals surface area contributed by atoms with Crippen molar-refractivity contribution >= 4 is 39.5 Å². The molecule has 0 saturated heterocycles. The number of benzene rings is 1. The summed E-state index contributed by atoms with van der Waals surface area (Å²) in [6, 6.07) is 0.510. The zero-order valence-corrected chi connectivity index (χ0v) is 11.5. The van der Waals surface area contributed by atoms with Crippen molar-refractivity contribution < 1.29 is 28.3 Å². The number of hydrogen-bond acceptors (Lipinski definition) is 3. The molecule has 0 spiro atoms. The number of anilines is 1. The molecule has 9 heteroatoms. The predicted octanol–water partition coefficient (Wildman–Crippen LogP) is 2.24. The summed E-state index contributed by atoms with van der Waals surface area (Å²) in [7, 11) is 0. The first-order valence-electron chi connectivity index (χ1n) is 5.26. The molecular weight excluding hydrogens is 342 g/mol. The average molecular weight is 351 g/mol. The summed E-state index contributed by atoms with van der Waals surface area (Å²) < 4.78 is 26.2. The van der Waals surface area contributed by atoms with Crippen LogP contribution in [0.3, 0.4) is 0 Å². The maximum Gasteiger partial charge on any atom is 0.325 e. The van der Waals surface area contributed by atoms with Crippen LogP contribution in [0.1, 0.15) is 12.8 Å². The van der Waals surface area contributed by atoms with Gasteiger partial charge < -0.3 is 10.4 Å². The monoisotopic (exact) mass is 350 g/mol. The topological polar surface area (TPSA) is 95.5 Å². The van der Waals surface area contributed by atoms with Crippen molar-refractivity contribution in [2.75, 3.05) is 5.32 Å². The van der Waals surface area contributed by atoms with Gasteiger partial charge in [-0.1, -0.05) is 0 Å². The number of aliphatic carboxylic acids is 1. The van der Waals surface area contributed by atoms with Crippen molar-refractivity contribution in [1.29, 1.82) is 0 Å². The number of halogens is 3. The van der Waals surface area contributed by atoms with Gasteiger partial charge in [-0.3, -0.25) is 14.9 Å². The third kappa shape index (κ3) is 4.92. The number of nitrogens with one attached hydrogen (secondary N) is 2. The maximum atomic E-state index is 13.3. The highest BCUT2D eigenvalue weighted by Crippen LogP contribution is 2.23. The van der Waals surface area contributed by atoms with Crippen molar-refractivity contribution in [3.8, 4) is 0 Å². The molecule has 1 rings (SSSR count). The van der Waals surface area contributed by atoms with Gasteiger partial charge in [-0.25, -0.2) is 13.6 Å². The molecular formula is C11H9BrF2N2O4. The van der Waals surface area contributed by atoms with Crippen LogP contribution in [0.15, 0.2) is 16.6 Å². The number of urea groups is 1. The lowest BCUT2D eigenvalue weighted by molar-refractivity contribution is -0.138. The predicted molar refractivity (Wildman–Crippen MR) is 68.1 cm³/mol. The summed E-state index contributed by atoms with van der Waals surface area (Å²) >= 11 is 2.82. The molecule has 0 radical (unpaired) electrons. The van der Waals surface area contributed by atoms with E-state index in [2.05, 4.69) is 15.9 Å². The highest BCUT2D eigenvalue weighted by Gasteiger charge is 2.13. The first-order chi connectivity index (χ1) is 9.29. The molecule has 3 amide bonds. The zero-order chi connectivity index (χ0) is 15.3. The minimum Gasteiger partial charge on any atom is -0.481 e. The Hall–Kier alpha value is -2.03. The summed E-state index contributed by atoms with van der Waals surface area (Å²) in [6.07, 6.45) is -0.825. The third-order valence-corrected chi connectivity index (χ3v) is 2.68. The van der Waals surface area contributed by atoms with Crippen LogP contribution >= 0.6 is 15.9 Å². The largest absolute Gasteiger partial charge is 0.481 e. The van der Waals surface area contributed by atoms with Gasteiger partial charge in [0, 0.05) is 12.5 Å². The standard InChI is InChI=1S/C11H9BrF2N2O4/c12-5-3-8(7(14)4-6(5)13)15-11(20)16-9(17)1-2-10(18)19/h3-4H,1-2H2,(H,18,19)(H2,15,16,17,20). The van der Waals surface area contributed by atoms with Crippen LogP contribution < -0.4 is 10.6 Å². The number of carboxylic acids is 1. The minimum atomic E-state index is -1.19. The van der Waals surface area contributed by atoms with E-state index in [4.69, 9.17) is 5.11 Å². The number of carbonyl (C=O) groups is 3. The number of hydrogen-bond donors (Lipinski definition) is 3. The molecule has 0 bridgehead atoms. The first-order valence-corrected chi connectivity index (χ1v) is 6.06. The molecule has 1 aromatic rings. The fourth-order valence-electron chi connectivity index (χ4n) is 1.18. The van der Waals surface area contributed by atoms with Gasteiger partial charge in [0.25, 0.3) is 0 Å². The van der Waals surface area contributed by atoms with Crippen LogP contribution in [0.25, 0.3) is 0 Å². The van der Waals surface area contributed by atoms with Gasteiger partial charge in [0.05, 0.1) is 16.6 Å². The molecule has 6 nitrogen and oxygen atoms in total. The van der Waals surface area contributed by atoms with E-state index in [-0.39, 0.29) is 10.2 Å². The first kappa shape index (κ1) is 16.0. The van der Waals surface area contributed by atoms with E-state index < -0.39 is 42.4 Å². The van der Waals surface area contributed by atoms with Gasteiger partial charge in [-0.2, -0.15) is 0 Å². The van der Waals surface area contributed by atoms with E-state index >= 15 is 0 Å². The van der Waals surface area contributed by atoms with Crippen LogP contribution in [0.5, 0.6) is 0 Å². The van der Waals surface area contributed by atoms with Crippen LogP contribution in [0, 0.1) is 11.6 Å². The summed E-state index contributed by atoms with van der Waals surface area (Å²) in [4.78, 5) is 32.7. The molecule has 20 heavy (non-hydrogen) atoms. The Morgan fingerprint density at radius 2 is 1.80 bits per heavy atom. The highest BCUT2D eigenvalue weighted by atomic mass is 79.9. The molecule has 0 fully saturated rings. The van der Waals surface area contributed by atoms with Crippen molar-refractivity contribution in [2.24, 2.45) is 0 Å². The molecule has 0 heterocycles. The lowest BCUT2D eigenvalue weighted by atomic mass is 10.3. The van der Waals surface area contributed by atoms with Crippen molar-refractivity contribution in [1.82, 2.24) is 5.32 Å². The van der Waals surface area contributed by atoms with Crippen LogP contribution in [0.2, 0.25) is 0 Å². The van der Waals surface area contributed by atoms with E-state index in [1.807, 2.05) is 10.6 Å². The molecule has 1 aromatic carbocycles. The Bertz CT molecular complexity index is 566. The van der Waals surface area contributed by atoms with Crippen LogP contribution in [-0.4, -0.2) is 23.0 Å². The molecule has 0 aliphatic rings. The summed E-state index contributed by atoms with van der Waals surface area (Å²) in [5.74, 6) is -3.87. The Kier molecular flexibility index (Phi) is 5.56. The van der Waals surface area contributed by atoms with Gasteiger partial charge in [0.2, 0.25) is 5.91 Å². The molecule has 0 aromatic heterocycles. The summed E-state index contributed by atoms with van der Waals surface area (Å²) in [5.41, 5.74) is -0.332. The van der Waals surface area contributed by atoms with Crippen LogP contribution in [0.4, 0.5) is 19.3 Å². The minimum absolute atomic E-state index is 0.0635. The normalized spacial score (nSPS) is 9.95. The second-order valence-corrected chi connectivity index (χ2v) is 4.50. The van der Waals surface area contributed by atoms with Gasteiger partial charge in [0.15, 0.2) is 0 Å². The van der Waals surface area contributed by atoms with E-state index in [9.17, 15) is 23.2 Å². The molecule has 0 aliphatic carbocycles. The summed E-state index contributed by atoms with van der Waals surface area (Å²) in [5, 5.41) is 12.2. The van der Waals surface area contributed by atoms with Gasteiger partial charge >= 0.3 is 12.0 Å². The van der Waals surface area contributed by atoms with Crippen molar-refractivity contribution in [3.05, 3.63) is 28.2 Å². The third-order valence-electron chi connectivity index (χ3n) is 2.08. The Morgan fingerprint density at radius 1 is 1.15 bits per heavy atom. The van der Waals surface area contributed by atoms with Crippen LogP contribution in [-0.2, 0) is 9.59 Å². The Balaban J connectivity index is 2.61. The van der Waals surface area contributed by atoms with Crippen molar-refractivity contribution in [3.63, 3.8) is 0 Å². The number of carboxylic acid groups (broad SMARTS) is 1. The van der Waals surface area contributed by atoms with Gasteiger partial charge in [-0.15, -0.1) is 0 Å². The fourth-order valence-corrected chi connectivity index (χ4v) is 1.52. The van der Waals surface area contributed by atoms with Gasteiger partial charge in [-0.05, 0) is 22.0 Å². The molecule has 0 unspecified atom stereocenters. The van der Waals surface area contributed by atoms with E-state index in [1.165, 1.54) is 0 Å². The fraction of sp³-hybridized carbons (Fsp3) is 0.182. The molecule has 3 N–H and O–H groups in total. The van der Waals surface area contributed by atoms with Crippen molar-refractivity contribution in [2.45, 2.75) is 12.8 Å². The van der Waals surface area contributed by atoms with Gasteiger partial charge in [0.1, 0.15) is 11.6 Å². The number of amides is 3. The number of rotatable bonds is 4.